The molecule has 0 heterocycles. The van der Waals surface area contributed by atoms with Crippen LogP contribution in [0.5, 0.6) is 0 Å². The molecule has 0 radical (unpaired) electrons. The summed E-state index contributed by atoms with van der Waals surface area (Å²) in [5.41, 5.74) is 0.483. The van der Waals surface area contributed by atoms with Crippen molar-refractivity contribution >= 4 is 28.2 Å². The van der Waals surface area contributed by atoms with Crippen molar-refractivity contribution in [3.8, 4) is 0 Å². The summed E-state index contributed by atoms with van der Waals surface area (Å²) in [6.45, 7) is 19.7. The van der Waals surface area contributed by atoms with Gasteiger partial charge in [-0.3, -0.25) is 0 Å². The number of carbonyl (C=O) groups is 2. The lowest BCUT2D eigenvalue weighted by molar-refractivity contribution is -0.117. The van der Waals surface area contributed by atoms with Gasteiger partial charge in [-0.2, -0.15) is 0 Å². The predicted molar refractivity (Wildman–Crippen MR) is 104 cm³/mol. The summed E-state index contributed by atoms with van der Waals surface area (Å²) in [5, 5.41) is 0. The van der Waals surface area contributed by atoms with Gasteiger partial charge < -0.3 is 13.7 Å². The van der Waals surface area contributed by atoms with Crippen LogP contribution in [0.15, 0.2) is 25.3 Å². The zero-order valence-corrected chi connectivity index (χ0v) is 17.8. The molecule has 0 aromatic rings. The molecule has 2 unspecified atom stereocenters. The number of hydrogen-bond acceptors (Lipinski definition) is 3. The van der Waals surface area contributed by atoms with Gasteiger partial charge in [0.15, 0.2) is 16.6 Å². The van der Waals surface area contributed by atoms with Gasteiger partial charge >= 0.3 is 0 Å². The van der Waals surface area contributed by atoms with E-state index in [9.17, 15) is 9.59 Å². The lowest BCUT2D eigenvalue weighted by Gasteiger charge is -2.42. The lowest BCUT2D eigenvalue weighted by atomic mass is 10.2. The van der Waals surface area contributed by atoms with Crippen molar-refractivity contribution in [2.24, 2.45) is 0 Å². The number of hydrogen-bond donors (Lipinski definition) is 0. The molecule has 0 N–H and O–H groups in total. The normalized spacial score (nSPS) is 14.9. The van der Waals surface area contributed by atoms with E-state index >= 15 is 0 Å². The number of Topliss-reactive ketones (excluding diaryl/α,β-unsaturated/α-hetero) is 2. The Balaban J connectivity index is 5.31. The summed E-state index contributed by atoms with van der Waals surface area (Å²) in [7, 11) is -4.14. The smallest absolute Gasteiger partial charge is 0.177 e. The molecule has 23 heavy (non-hydrogen) atoms. The van der Waals surface area contributed by atoms with Crippen molar-refractivity contribution in [3.63, 3.8) is 0 Å². The van der Waals surface area contributed by atoms with Gasteiger partial charge in [0.05, 0.1) is 0 Å². The Kier molecular flexibility index (Phi) is 9.17. The van der Waals surface area contributed by atoms with Gasteiger partial charge in [0, 0.05) is 12.8 Å². The minimum atomic E-state index is -2.07. The van der Waals surface area contributed by atoms with Crippen LogP contribution in [0.4, 0.5) is 0 Å². The van der Waals surface area contributed by atoms with Gasteiger partial charge in [-0.05, 0) is 64.0 Å². The Bertz CT molecular complexity index is 402. The molecule has 0 aliphatic carbocycles. The van der Waals surface area contributed by atoms with E-state index in [1.165, 1.54) is 0 Å². The lowest BCUT2D eigenvalue weighted by Crippen LogP contribution is -2.50. The molecular weight excluding hydrogens is 320 g/mol. The van der Waals surface area contributed by atoms with Crippen LogP contribution in [-0.2, 0) is 13.7 Å². The SMILES string of the molecule is C=CCC(CC(C)=O)[Si](C)(C)O[Si](C)(C)C(CC=C)CC(C)=O. The highest BCUT2D eigenvalue weighted by atomic mass is 28.4. The van der Waals surface area contributed by atoms with Crippen LogP contribution in [0, 0.1) is 0 Å². The monoisotopic (exact) mass is 354 g/mol. The summed E-state index contributed by atoms with van der Waals surface area (Å²) in [6, 6.07) is 0. The minimum Gasteiger partial charge on any atom is -0.455 e. The molecule has 0 saturated carbocycles. The Labute approximate surface area is 144 Å². The van der Waals surface area contributed by atoms with Gasteiger partial charge in [-0.25, -0.2) is 0 Å². The molecule has 0 fully saturated rings. The van der Waals surface area contributed by atoms with Crippen molar-refractivity contribution in [2.75, 3.05) is 0 Å². The molecule has 3 nitrogen and oxygen atoms in total. The third-order valence-corrected chi connectivity index (χ3v) is 13.5. The van der Waals surface area contributed by atoms with E-state index in [4.69, 9.17) is 4.12 Å². The van der Waals surface area contributed by atoms with Crippen LogP contribution < -0.4 is 0 Å². The number of allylic oxidation sites excluding steroid dienone is 2. The molecule has 0 saturated heterocycles. The molecule has 0 aliphatic heterocycles. The van der Waals surface area contributed by atoms with E-state index in [-0.39, 0.29) is 22.6 Å². The number of ketones is 2. The van der Waals surface area contributed by atoms with Crippen LogP contribution in [-0.4, -0.2) is 28.2 Å². The topological polar surface area (TPSA) is 43.4 Å². The summed E-state index contributed by atoms with van der Waals surface area (Å²) in [6.07, 6.45) is 6.49. The molecule has 0 rings (SSSR count). The quantitative estimate of drug-likeness (QED) is 0.354. The molecule has 2 atom stereocenters. The zero-order valence-electron chi connectivity index (χ0n) is 15.8. The summed E-state index contributed by atoms with van der Waals surface area (Å²) < 4.78 is 6.73. The van der Waals surface area contributed by atoms with E-state index in [1.54, 1.807) is 13.8 Å². The summed E-state index contributed by atoms with van der Waals surface area (Å²) in [5.74, 6) is 0.402. The first-order chi connectivity index (χ1) is 10.5. The average molecular weight is 355 g/mol. The first-order valence-electron chi connectivity index (χ1n) is 8.37. The summed E-state index contributed by atoms with van der Waals surface area (Å²) in [4.78, 5) is 23.2. The maximum atomic E-state index is 11.6. The fourth-order valence-corrected chi connectivity index (χ4v) is 13.0. The molecule has 0 aromatic carbocycles. The fraction of sp³-hybridized carbons (Fsp3) is 0.667. The van der Waals surface area contributed by atoms with Crippen molar-refractivity contribution < 1.29 is 13.7 Å². The van der Waals surface area contributed by atoms with Gasteiger partial charge in [-0.1, -0.05) is 12.2 Å². The van der Waals surface area contributed by atoms with Crippen molar-refractivity contribution in [2.45, 2.75) is 76.8 Å². The third kappa shape index (κ3) is 8.04. The van der Waals surface area contributed by atoms with Gasteiger partial charge in [-0.15, -0.1) is 13.2 Å². The summed E-state index contributed by atoms with van der Waals surface area (Å²) >= 11 is 0. The highest BCUT2D eigenvalue weighted by Gasteiger charge is 2.42. The third-order valence-electron chi connectivity index (χ3n) is 4.46. The Morgan fingerprint density at radius 3 is 1.39 bits per heavy atom. The second-order valence-electron chi connectivity index (χ2n) is 7.56. The Hall–Kier alpha value is -0.786. The number of rotatable bonds is 12. The van der Waals surface area contributed by atoms with Crippen LogP contribution in [0.2, 0.25) is 37.3 Å². The Morgan fingerprint density at radius 1 is 0.870 bits per heavy atom. The minimum absolute atomic E-state index is 0.201. The maximum Gasteiger partial charge on any atom is 0.177 e. The van der Waals surface area contributed by atoms with Crippen molar-refractivity contribution in [3.05, 3.63) is 25.3 Å². The predicted octanol–water partition coefficient (Wildman–Crippen LogP) is 5.26. The molecule has 0 aliphatic rings. The average Bonchev–Trinajstić information content (AvgIpc) is 2.35. The fourth-order valence-electron chi connectivity index (χ4n) is 3.17. The van der Waals surface area contributed by atoms with E-state index < -0.39 is 16.6 Å². The van der Waals surface area contributed by atoms with E-state index in [0.717, 1.165) is 12.8 Å². The highest BCUT2D eigenvalue weighted by Crippen LogP contribution is 2.38. The molecule has 0 aromatic heterocycles. The molecule has 5 heteroatoms. The second kappa shape index (κ2) is 9.50. The van der Waals surface area contributed by atoms with E-state index in [1.807, 2.05) is 12.2 Å². The first kappa shape index (κ1) is 22.2. The van der Waals surface area contributed by atoms with Crippen LogP contribution in [0.25, 0.3) is 0 Å². The van der Waals surface area contributed by atoms with E-state index in [2.05, 4.69) is 39.3 Å². The molecule has 132 valence electrons. The number of carbonyl (C=O) groups excluding carboxylic acids is 2. The molecule has 0 spiro atoms. The van der Waals surface area contributed by atoms with Crippen LogP contribution >= 0.6 is 0 Å². The van der Waals surface area contributed by atoms with Gasteiger partial charge in [0.25, 0.3) is 0 Å². The van der Waals surface area contributed by atoms with E-state index in [0.29, 0.717) is 12.8 Å². The van der Waals surface area contributed by atoms with Crippen LogP contribution in [0.3, 0.4) is 0 Å². The molecule has 0 amide bonds. The largest absolute Gasteiger partial charge is 0.455 e. The molecular formula is C18H34O3Si2. The maximum absolute atomic E-state index is 11.6. The van der Waals surface area contributed by atoms with Crippen molar-refractivity contribution in [1.82, 2.24) is 0 Å². The van der Waals surface area contributed by atoms with Crippen LogP contribution in [0.1, 0.15) is 39.5 Å². The van der Waals surface area contributed by atoms with Crippen molar-refractivity contribution in [1.29, 1.82) is 0 Å². The van der Waals surface area contributed by atoms with Gasteiger partial charge in [0.1, 0.15) is 11.6 Å². The zero-order chi connectivity index (χ0) is 18.3. The second-order valence-corrected chi connectivity index (χ2v) is 16.4. The van der Waals surface area contributed by atoms with Gasteiger partial charge in [0.2, 0.25) is 0 Å². The Morgan fingerprint density at radius 2 is 1.17 bits per heavy atom. The standard InChI is InChI=1S/C18H34O3Si2/c1-9-11-17(13-15(3)19)22(5,6)21-23(7,8)18(12-10-2)14-16(4)20/h9-10,17-18H,1-2,11-14H2,3-8H3. The highest BCUT2D eigenvalue weighted by molar-refractivity contribution is 6.86. The first-order valence-corrected chi connectivity index (χ1v) is 14.3. The molecule has 0 bridgehead atoms.